The van der Waals surface area contributed by atoms with E-state index in [4.69, 9.17) is 17.0 Å². The molecule has 1 fully saturated rings. The minimum atomic E-state index is -0.237. The molecule has 1 aliphatic heterocycles. The van der Waals surface area contributed by atoms with E-state index in [0.29, 0.717) is 15.6 Å². The fourth-order valence-corrected chi connectivity index (χ4v) is 3.82. The average Bonchev–Trinajstić information content (AvgIpc) is 2.95. The first kappa shape index (κ1) is 19.9. The summed E-state index contributed by atoms with van der Waals surface area (Å²) in [4.78, 5) is 26.9. The molecule has 1 aliphatic rings. The van der Waals surface area contributed by atoms with Crippen LogP contribution in [0.2, 0.25) is 0 Å². The van der Waals surface area contributed by atoms with Gasteiger partial charge in [-0.15, -0.1) is 0 Å². The van der Waals surface area contributed by atoms with E-state index >= 15 is 0 Å². The largest absolute Gasteiger partial charge is 0.508 e. The molecule has 2 aromatic rings. The number of nitrogens with one attached hydrogen (secondary N) is 1. The van der Waals surface area contributed by atoms with Crippen molar-refractivity contribution in [2.75, 3.05) is 19.0 Å². The van der Waals surface area contributed by atoms with Crippen molar-refractivity contribution in [2.45, 2.75) is 6.42 Å². The van der Waals surface area contributed by atoms with Crippen molar-refractivity contribution in [3.05, 3.63) is 59.0 Å². The molecule has 0 aromatic heterocycles. The number of phenolic OH excluding ortho intramolecular Hbond substituents is 1. The van der Waals surface area contributed by atoms with Crippen LogP contribution in [-0.2, 0) is 4.79 Å². The summed E-state index contributed by atoms with van der Waals surface area (Å²) >= 11 is 6.47. The zero-order valence-corrected chi connectivity index (χ0v) is 16.7. The number of hydrogen-bond acceptors (Lipinski definition) is 6. The lowest BCUT2D eigenvalue weighted by atomic mass is 10.2. The summed E-state index contributed by atoms with van der Waals surface area (Å²) in [6.45, 7) is 0.203. The molecule has 1 saturated heterocycles. The summed E-state index contributed by atoms with van der Waals surface area (Å²) in [5, 5.41) is 11.8. The number of phenols is 1. The van der Waals surface area contributed by atoms with Crippen molar-refractivity contribution in [3.8, 4) is 11.5 Å². The number of anilines is 1. The topological polar surface area (TPSA) is 78.9 Å². The van der Waals surface area contributed by atoms with Crippen LogP contribution in [0, 0.1) is 0 Å². The second-order valence-corrected chi connectivity index (χ2v) is 7.33. The van der Waals surface area contributed by atoms with Crippen molar-refractivity contribution in [2.24, 2.45) is 0 Å². The molecule has 2 amide bonds. The summed E-state index contributed by atoms with van der Waals surface area (Å²) in [6.07, 6.45) is 1.96. The lowest BCUT2D eigenvalue weighted by Gasteiger charge is -2.14. The Morgan fingerprint density at radius 2 is 1.89 bits per heavy atom. The molecule has 0 saturated carbocycles. The number of nitrogens with zero attached hydrogens (tertiary/aromatic N) is 1. The van der Waals surface area contributed by atoms with Gasteiger partial charge in [-0.25, -0.2) is 0 Å². The van der Waals surface area contributed by atoms with Crippen LogP contribution in [0.1, 0.15) is 12.0 Å². The third-order valence-electron chi connectivity index (χ3n) is 4.00. The van der Waals surface area contributed by atoms with Crippen LogP contribution in [0.5, 0.6) is 11.5 Å². The number of amides is 2. The Morgan fingerprint density at radius 1 is 1.21 bits per heavy atom. The molecule has 0 aliphatic carbocycles. The fourth-order valence-electron chi connectivity index (χ4n) is 2.53. The highest BCUT2D eigenvalue weighted by Crippen LogP contribution is 2.33. The van der Waals surface area contributed by atoms with E-state index in [1.54, 1.807) is 19.2 Å². The summed E-state index contributed by atoms with van der Waals surface area (Å²) < 4.78 is 5.13. The Balaban J connectivity index is 1.59. The summed E-state index contributed by atoms with van der Waals surface area (Å²) in [5.74, 6) is 0.638. The lowest BCUT2D eigenvalue weighted by Crippen LogP contribution is -2.30. The molecule has 3 rings (SSSR count). The van der Waals surface area contributed by atoms with Crippen LogP contribution in [0.3, 0.4) is 0 Å². The maximum absolute atomic E-state index is 12.3. The number of aromatic hydroxyl groups is 1. The summed E-state index contributed by atoms with van der Waals surface area (Å²) in [6, 6.07) is 13.6. The van der Waals surface area contributed by atoms with Gasteiger partial charge in [-0.2, -0.15) is 0 Å². The van der Waals surface area contributed by atoms with Crippen molar-refractivity contribution >= 4 is 51.9 Å². The molecule has 144 valence electrons. The van der Waals surface area contributed by atoms with Crippen LogP contribution >= 0.6 is 24.0 Å². The Kier molecular flexibility index (Phi) is 6.33. The van der Waals surface area contributed by atoms with E-state index in [-0.39, 0.29) is 29.9 Å². The number of rotatable bonds is 6. The van der Waals surface area contributed by atoms with Crippen LogP contribution in [0.15, 0.2) is 53.4 Å². The number of carbonyl (C=O) groups excluding carboxylic acids is 2. The second kappa shape index (κ2) is 8.90. The van der Waals surface area contributed by atoms with Crippen LogP contribution in [0.4, 0.5) is 10.5 Å². The van der Waals surface area contributed by atoms with Crippen molar-refractivity contribution in [3.63, 3.8) is 0 Å². The lowest BCUT2D eigenvalue weighted by molar-refractivity contribution is -0.116. The van der Waals surface area contributed by atoms with Gasteiger partial charge in [0.1, 0.15) is 16.5 Å². The molecule has 2 N–H and O–H groups in total. The predicted molar refractivity (Wildman–Crippen MR) is 115 cm³/mol. The van der Waals surface area contributed by atoms with Crippen LogP contribution in [0.25, 0.3) is 6.08 Å². The first-order chi connectivity index (χ1) is 13.5. The molecule has 28 heavy (non-hydrogen) atoms. The highest BCUT2D eigenvalue weighted by molar-refractivity contribution is 8.19. The molecule has 0 spiro atoms. The summed E-state index contributed by atoms with van der Waals surface area (Å²) in [7, 11) is 1.60. The monoisotopic (exact) mass is 414 g/mol. The van der Waals surface area contributed by atoms with E-state index in [1.165, 1.54) is 17.0 Å². The molecule has 6 nitrogen and oxygen atoms in total. The number of carbonyl (C=O) groups is 2. The Hall–Kier alpha value is -2.84. The number of ether oxygens (including phenoxy) is 1. The number of hydrogen-bond donors (Lipinski definition) is 2. The molecule has 2 aromatic carbocycles. The summed E-state index contributed by atoms with van der Waals surface area (Å²) in [5.41, 5.74) is 1.48. The van der Waals surface area contributed by atoms with Crippen molar-refractivity contribution < 1.29 is 19.4 Å². The molecular weight excluding hydrogens is 396 g/mol. The van der Waals surface area contributed by atoms with E-state index in [9.17, 15) is 14.7 Å². The Bertz CT molecular complexity index is 924. The molecule has 1 heterocycles. The maximum atomic E-state index is 12.3. The van der Waals surface area contributed by atoms with Gasteiger partial charge in [0, 0.05) is 18.7 Å². The van der Waals surface area contributed by atoms with Gasteiger partial charge >= 0.3 is 0 Å². The van der Waals surface area contributed by atoms with Crippen LogP contribution in [-0.4, -0.2) is 39.8 Å². The Morgan fingerprint density at radius 3 is 2.54 bits per heavy atom. The maximum Gasteiger partial charge on any atom is 0.291 e. The standard InChI is InChI=1S/C20H18N2O4S2/c1-26-16-8-2-13(3-9-16)12-17-19(27)22(20(25)28-17)11-10-18(24)21-14-4-6-15(23)7-5-14/h2-9,12,23H,10-11H2,1H3,(H,21,24)/b17-12-. The van der Waals surface area contributed by atoms with Gasteiger partial charge in [0.05, 0.1) is 12.0 Å². The highest BCUT2D eigenvalue weighted by Gasteiger charge is 2.31. The van der Waals surface area contributed by atoms with Gasteiger partial charge in [0.15, 0.2) is 0 Å². The minimum absolute atomic E-state index is 0.114. The molecule has 0 unspecified atom stereocenters. The highest BCUT2D eigenvalue weighted by atomic mass is 32.2. The van der Waals surface area contributed by atoms with Gasteiger partial charge in [0.25, 0.3) is 5.24 Å². The van der Waals surface area contributed by atoms with Crippen LogP contribution < -0.4 is 10.1 Å². The van der Waals surface area contributed by atoms with Gasteiger partial charge < -0.3 is 15.2 Å². The third kappa shape index (κ3) is 4.90. The SMILES string of the molecule is COc1ccc(/C=C2\SC(=O)N(CCC(=O)Nc3ccc(O)cc3)C2=S)cc1. The molecule has 0 radical (unpaired) electrons. The van der Waals surface area contributed by atoms with E-state index < -0.39 is 0 Å². The second-order valence-electron chi connectivity index (χ2n) is 5.95. The Labute approximate surface area is 172 Å². The normalized spacial score (nSPS) is 15.2. The number of benzene rings is 2. The minimum Gasteiger partial charge on any atom is -0.508 e. The van der Waals surface area contributed by atoms with Crippen molar-refractivity contribution in [1.82, 2.24) is 4.90 Å². The van der Waals surface area contributed by atoms with Crippen molar-refractivity contribution in [1.29, 1.82) is 0 Å². The van der Waals surface area contributed by atoms with Gasteiger partial charge in [0.2, 0.25) is 5.91 Å². The molecular formula is C20H18N2O4S2. The quantitative estimate of drug-likeness (QED) is 0.418. The fraction of sp³-hybridized carbons (Fsp3) is 0.150. The van der Waals surface area contributed by atoms with E-state index in [0.717, 1.165) is 23.1 Å². The van der Waals surface area contributed by atoms with E-state index in [1.807, 2.05) is 30.3 Å². The van der Waals surface area contributed by atoms with Gasteiger partial charge in [-0.3, -0.25) is 14.5 Å². The average molecular weight is 415 g/mol. The predicted octanol–water partition coefficient (Wildman–Crippen LogP) is 4.27. The number of methoxy groups -OCH3 is 1. The van der Waals surface area contributed by atoms with Gasteiger partial charge in [-0.1, -0.05) is 24.4 Å². The molecule has 8 heteroatoms. The smallest absolute Gasteiger partial charge is 0.291 e. The number of thioether (sulfide) groups is 1. The zero-order valence-electron chi connectivity index (χ0n) is 15.0. The molecule has 0 atom stereocenters. The first-order valence-electron chi connectivity index (χ1n) is 8.44. The third-order valence-corrected chi connectivity index (χ3v) is 5.50. The van der Waals surface area contributed by atoms with E-state index in [2.05, 4.69) is 5.32 Å². The number of thiocarbonyl (C=S) groups is 1. The molecule has 0 bridgehead atoms. The van der Waals surface area contributed by atoms with Gasteiger partial charge in [-0.05, 0) is 59.8 Å². The first-order valence-corrected chi connectivity index (χ1v) is 9.67. The zero-order chi connectivity index (χ0) is 20.1.